The number of hydrogen-bond acceptors (Lipinski definition) is 3. The van der Waals surface area contributed by atoms with Crippen LogP contribution in [-0.4, -0.2) is 16.1 Å². The smallest absolute Gasteiger partial charge is 0.335 e. The Morgan fingerprint density at radius 2 is 2.15 bits per heavy atom. The zero-order valence-electron chi connectivity index (χ0n) is 11.1. The standard InChI is InChI=1S/C15H15ClN2O2/c1-2-4-12-7-10(15(19)20)8-14(17-12)18-13-6-3-5-11(16)9-13/h3,5-9H,2,4H2,1H3,(H,17,18)(H,19,20). The maximum atomic E-state index is 11.1. The number of anilines is 2. The van der Waals surface area contributed by atoms with Gasteiger partial charge in [0.2, 0.25) is 0 Å². The van der Waals surface area contributed by atoms with Gasteiger partial charge >= 0.3 is 5.97 Å². The summed E-state index contributed by atoms with van der Waals surface area (Å²) in [5, 5.41) is 12.8. The lowest BCUT2D eigenvalue weighted by Gasteiger charge is -2.09. The van der Waals surface area contributed by atoms with Crippen LogP contribution in [0.4, 0.5) is 11.5 Å². The molecule has 0 spiro atoms. The van der Waals surface area contributed by atoms with Crippen molar-refractivity contribution in [2.45, 2.75) is 19.8 Å². The molecule has 0 amide bonds. The number of aryl methyl sites for hydroxylation is 1. The minimum absolute atomic E-state index is 0.230. The van der Waals surface area contributed by atoms with Crippen molar-refractivity contribution in [1.29, 1.82) is 0 Å². The van der Waals surface area contributed by atoms with Crippen LogP contribution in [0.2, 0.25) is 5.02 Å². The van der Waals surface area contributed by atoms with E-state index in [1.807, 2.05) is 19.1 Å². The molecular formula is C15H15ClN2O2. The molecule has 0 saturated carbocycles. The van der Waals surface area contributed by atoms with Crippen molar-refractivity contribution in [3.63, 3.8) is 0 Å². The summed E-state index contributed by atoms with van der Waals surface area (Å²) in [4.78, 5) is 15.6. The minimum atomic E-state index is -0.959. The molecule has 0 aliphatic carbocycles. The van der Waals surface area contributed by atoms with Gasteiger partial charge in [-0.2, -0.15) is 0 Å². The number of nitrogens with one attached hydrogen (secondary N) is 1. The van der Waals surface area contributed by atoms with Crippen LogP contribution >= 0.6 is 11.6 Å². The van der Waals surface area contributed by atoms with Crippen molar-refractivity contribution >= 4 is 29.1 Å². The largest absolute Gasteiger partial charge is 0.478 e. The average molecular weight is 291 g/mol. The summed E-state index contributed by atoms with van der Waals surface area (Å²) in [5.41, 5.74) is 1.76. The van der Waals surface area contributed by atoms with E-state index in [1.54, 1.807) is 18.2 Å². The first-order valence-corrected chi connectivity index (χ1v) is 6.73. The first kappa shape index (κ1) is 14.3. The lowest BCUT2D eigenvalue weighted by atomic mass is 10.1. The van der Waals surface area contributed by atoms with Crippen LogP contribution in [0, 0.1) is 0 Å². The SMILES string of the molecule is CCCc1cc(C(=O)O)cc(Nc2cccc(Cl)c2)n1. The molecule has 2 rings (SSSR count). The number of nitrogens with zero attached hydrogens (tertiary/aromatic N) is 1. The van der Waals surface area contributed by atoms with E-state index in [0.717, 1.165) is 24.2 Å². The van der Waals surface area contributed by atoms with E-state index in [9.17, 15) is 4.79 Å². The number of carboxylic acids is 1. The molecule has 104 valence electrons. The predicted octanol–water partition coefficient (Wildman–Crippen LogP) is 4.13. The number of carbonyl (C=O) groups is 1. The Kier molecular flexibility index (Phi) is 4.58. The van der Waals surface area contributed by atoms with Crippen molar-refractivity contribution in [2.75, 3.05) is 5.32 Å². The molecule has 1 aromatic heterocycles. The highest BCUT2D eigenvalue weighted by Crippen LogP contribution is 2.20. The molecule has 0 aliphatic rings. The van der Waals surface area contributed by atoms with Crippen LogP contribution in [0.3, 0.4) is 0 Å². The molecule has 0 unspecified atom stereocenters. The molecule has 2 N–H and O–H groups in total. The van der Waals surface area contributed by atoms with E-state index in [0.29, 0.717) is 10.8 Å². The normalized spacial score (nSPS) is 10.3. The van der Waals surface area contributed by atoms with Crippen LogP contribution in [-0.2, 0) is 6.42 Å². The Balaban J connectivity index is 2.32. The van der Waals surface area contributed by atoms with E-state index in [-0.39, 0.29) is 5.56 Å². The van der Waals surface area contributed by atoms with Crippen molar-refractivity contribution in [1.82, 2.24) is 4.98 Å². The van der Waals surface area contributed by atoms with Gasteiger partial charge in [-0.25, -0.2) is 9.78 Å². The molecule has 4 nitrogen and oxygen atoms in total. The molecule has 0 aliphatic heterocycles. The molecule has 20 heavy (non-hydrogen) atoms. The third-order valence-corrected chi connectivity index (χ3v) is 2.96. The lowest BCUT2D eigenvalue weighted by Crippen LogP contribution is -2.03. The van der Waals surface area contributed by atoms with Gasteiger partial charge < -0.3 is 10.4 Å². The average Bonchev–Trinajstić information content (AvgIpc) is 2.38. The summed E-state index contributed by atoms with van der Waals surface area (Å²) in [6.45, 7) is 2.03. The highest BCUT2D eigenvalue weighted by molar-refractivity contribution is 6.30. The molecule has 0 fully saturated rings. The Hall–Kier alpha value is -2.07. The molecule has 1 aromatic carbocycles. The van der Waals surface area contributed by atoms with E-state index < -0.39 is 5.97 Å². The van der Waals surface area contributed by atoms with E-state index in [2.05, 4.69) is 10.3 Å². The molecular weight excluding hydrogens is 276 g/mol. The van der Waals surface area contributed by atoms with Gasteiger partial charge in [-0.1, -0.05) is 31.0 Å². The topological polar surface area (TPSA) is 62.2 Å². The number of rotatable bonds is 5. The molecule has 0 atom stereocenters. The second-order valence-corrected chi connectivity index (χ2v) is 4.86. The Labute approximate surface area is 122 Å². The third-order valence-electron chi connectivity index (χ3n) is 2.73. The Morgan fingerprint density at radius 3 is 2.80 bits per heavy atom. The maximum absolute atomic E-state index is 11.1. The highest BCUT2D eigenvalue weighted by atomic mass is 35.5. The van der Waals surface area contributed by atoms with Gasteiger partial charge in [0.1, 0.15) is 5.82 Å². The van der Waals surface area contributed by atoms with Gasteiger partial charge in [-0.3, -0.25) is 0 Å². The van der Waals surface area contributed by atoms with Gasteiger partial charge in [-0.15, -0.1) is 0 Å². The monoisotopic (exact) mass is 290 g/mol. The Bertz CT molecular complexity index is 629. The number of hydrogen-bond donors (Lipinski definition) is 2. The van der Waals surface area contributed by atoms with Crippen LogP contribution in [0.1, 0.15) is 29.4 Å². The summed E-state index contributed by atoms with van der Waals surface area (Å²) >= 11 is 5.92. The number of aromatic carboxylic acids is 1. The minimum Gasteiger partial charge on any atom is -0.478 e. The fourth-order valence-electron chi connectivity index (χ4n) is 1.87. The number of benzene rings is 1. The van der Waals surface area contributed by atoms with Crippen LogP contribution < -0.4 is 5.32 Å². The van der Waals surface area contributed by atoms with Crippen molar-refractivity contribution < 1.29 is 9.90 Å². The zero-order chi connectivity index (χ0) is 14.5. The van der Waals surface area contributed by atoms with Gasteiger partial charge in [0, 0.05) is 16.4 Å². The second-order valence-electron chi connectivity index (χ2n) is 4.42. The highest BCUT2D eigenvalue weighted by Gasteiger charge is 2.08. The molecule has 0 saturated heterocycles. The number of carboxylic acid groups (broad SMARTS) is 1. The summed E-state index contributed by atoms with van der Waals surface area (Å²) in [6, 6.07) is 10.3. The quantitative estimate of drug-likeness (QED) is 0.869. The number of pyridine rings is 1. The van der Waals surface area contributed by atoms with Crippen molar-refractivity contribution in [2.24, 2.45) is 0 Å². The first-order chi connectivity index (χ1) is 9.58. The van der Waals surface area contributed by atoms with Gasteiger partial charge in [0.15, 0.2) is 0 Å². The van der Waals surface area contributed by atoms with Gasteiger partial charge in [0.05, 0.1) is 5.56 Å². The molecule has 5 heteroatoms. The van der Waals surface area contributed by atoms with E-state index in [4.69, 9.17) is 16.7 Å². The van der Waals surface area contributed by atoms with E-state index in [1.165, 1.54) is 6.07 Å². The van der Waals surface area contributed by atoms with Gasteiger partial charge in [-0.05, 0) is 36.8 Å². The fourth-order valence-corrected chi connectivity index (χ4v) is 2.06. The van der Waals surface area contributed by atoms with Gasteiger partial charge in [0.25, 0.3) is 0 Å². The lowest BCUT2D eigenvalue weighted by molar-refractivity contribution is 0.0696. The summed E-state index contributed by atoms with van der Waals surface area (Å²) in [6.07, 6.45) is 1.65. The predicted molar refractivity (Wildman–Crippen MR) is 79.9 cm³/mol. The van der Waals surface area contributed by atoms with Crippen LogP contribution in [0.25, 0.3) is 0 Å². The second kappa shape index (κ2) is 6.39. The molecule has 1 heterocycles. The Morgan fingerprint density at radius 1 is 1.35 bits per heavy atom. The third kappa shape index (κ3) is 3.71. The van der Waals surface area contributed by atoms with Crippen LogP contribution in [0.5, 0.6) is 0 Å². The molecule has 0 bridgehead atoms. The molecule has 0 radical (unpaired) electrons. The maximum Gasteiger partial charge on any atom is 0.335 e. The van der Waals surface area contributed by atoms with Crippen molar-refractivity contribution in [3.8, 4) is 0 Å². The first-order valence-electron chi connectivity index (χ1n) is 6.35. The zero-order valence-corrected chi connectivity index (χ0v) is 11.8. The molecule has 2 aromatic rings. The fraction of sp³-hybridized carbons (Fsp3) is 0.200. The summed E-state index contributed by atoms with van der Waals surface area (Å²) in [5.74, 6) is -0.450. The van der Waals surface area contributed by atoms with E-state index >= 15 is 0 Å². The summed E-state index contributed by atoms with van der Waals surface area (Å²) in [7, 11) is 0. The summed E-state index contributed by atoms with van der Waals surface area (Å²) < 4.78 is 0. The number of halogens is 1. The number of aromatic nitrogens is 1. The van der Waals surface area contributed by atoms with Crippen LogP contribution in [0.15, 0.2) is 36.4 Å². The van der Waals surface area contributed by atoms with Crippen molar-refractivity contribution in [3.05, 3.63) is 52.7 Å².